The van der Waals surface area contributed by atoms with Crippen molar-refractivity contribution in [3.05, 3.63) is 42.2 Å². The summed E-state index contributed by atoms with van der Waals surface area (Å²) in [7, 11) is 0. The van der Waals surface area contributed by atoms with Crippen LogP contribution in [0.4, 0.5) is 0 Å². The zero-order valence-corrected chi connectivity index (χ0v) is 12.0. The fourth-order valence-electron chi connectivity index (χ4n) is 0.881. The first-order valence-corrected chi connectivity index (χ1v) is 4.69. The van der Waals surface area contributed by atoms with Crippen LogP contribution in [0, 0.1) is 0 Å². The molecule has 0 N–H and O–H groups in total. The molecule has 1 rings (SSSR count). The summed E-state index contributed by atoms with van der Waals surface area (Å²) in [4.78, 5) is 0. The molecule has 0 aliphatic heterocycles. The maximum atomic E-state index is 10.1. The Hall–Kier alpha value is 0.506. The van der Waals surface area contributed by atoms with Crippen LogP contribution in [0.25, 0.3) is 5.57 Å². The predicted molar refractivity (Wildman–Crippen MR) is 50.1 cm³/mol. The first-order chi connectivity index (χ1) is 6.20. The Morgan fingerprint density at radius 1 is 1.43 bits per heavy atom. The van der Waals surface area contributed by atoms with Gasteiger partial charge >= 0.3 is 51.4 Å². The van der Waals surface area contributed by atoms with Gasteiger partial charge in [0.05, 0.1) is 0 Å². The third kappa shape index (κ3) is 5.40. The monoisotopic (exact) mass is 236 g/mol. The second-order valence-corrected chi connectivity index (χ2v) is 3.07. The largest absolute Gasteiger partial charge is 1.00 e. The number of hydrogen-bond donors (Lipinski definition) is 0. The smallest absolute Gasteiger partial charge is 0.740 e. The van der Waals surface area contributed by atoms with E-state index in [1.54, 1.807) is 6.92 Å². The van der Waals surface area contributed by atoms with Crippen molar-refractivity contribution in [1.29, 1.82) is 0 Å². The molecule has 0 amide bonds. The van der Waals surface area contributed by atoms with Crippen LogP contribution in [0.3, 0.4) is 0 Å². The van der Waals surface area contributed by atoms with Gasteiger partial charge < -0.3 is 8.74 Å². The van der Waals surface area contributed by atoms with Crippen molar-refractivity contribution in [2.45, 2.75) is 6.92 Å². The molecule has 0 spiro atoms. The summed E-state index contributed by atoms with van der Waals surface area (Å²) in [5.74, 6) is 0. The first kappa shape index (κ1) is 14.5. The van der Waals surface area contributed by atoms with E-state index in [-0.39, 0.29) is 51.4 Å². The van der Waals surface area contributed by atoms with Crippen molar-refractivity contribution >= 4 is 16.9 Å². The number of benzene rings is 1. The molecule has 0 bridgehead atoms. The summed E-state index contributed by atoms with van der Waals surface area (Å²) in [5.41, 5.74) is 1.71. The number of allylic oxidation sites excluding steroid dienone is 1. The zero-order valence-electron chi connectivity index (χ0n) is 8.10. The average molecular weight is 236 g/mol. The molecule has 14 heavy (non-hydrogen) atoms. The first-order valence-electron chi connectivity index (χ1n) is 3.69. The van der Waals surface area contributed by atoms with Crippen LogP contribution >= 0.6 is 0 Å². The molecular formula is C9H9KO3S. The molecule has 5 heteroatoms. The Morgan fingerprint density at radius 3 is 2.50 bits per heavy atom. The molecule has 1 aromatic carbocycles. The second-order valence-electron chi connectivity index (χ2n) is 2.47. The fourth-order valence-corrected chi connectivity index (χ4v) is 1.10. The van der Waals surface area contributed by atoms with E-state index >= 15 is 0 Å². The molecule has 0 heterocycles. The summed E-state index contributed by atoms with van der Waals surface area (Å²) >= 11 is -2.49. The standard InChI is InChI=1S/C9H10O3S.K/c1-8(7-12-13(10)11)9-5-3-2-4-6-9;/h2-7H,1H3,(H,10,11);/q;+1/p-1. The Morgan fingerprint density at radius 2 is 2.00 bits per heavy atom. The third-order valence-electron chi connectivity index (χ3n) is 1.53. The molecule has 3 nitrogen and oxygen atoms in total. The van der Waals surface area contributed by atoms with Crippen LogP contribution in [-0.2, 0) is 15.5 Å². The van der Waals surface area contributed by atoms with Gasteiger partial charge in [-0.05, 0) is 18.1 Å². The van der Waals surface area contributed by atoms with E-state index in [2.05, 4.69) is 4.18 Å². The molecule has 0 saturated carbocycles. The molecule has 0 fully saturated rings. The molecular weight excluding hydrogens is 227 g/mol. The quantitative estimate of drug-likeness (QED) is 0.379. The van der Waals surface area contributed by atoms with Crippen LogP contribution in [0.2, 0.25) is 0 Å². The molecule has 1 aromatic rings. The Labute approximate surface area is 128 Å². The Bertz CT molecular complexity index is 324. The minimum Gasteiger partial charge on any atom is -0.740 e. The van der Waals surface area contributed by atoms with E-state index in [1.165, 1.54) is 6.26 Å². The van der Waals surface area contributed by atoms with E-state index in [0.717, 1.165) is 11.1 Å². The van der Waals surface area contributed by atoms with E-state index in [4.69, 9.17) is 0 Å². The summed E-state index contributed by atoms with van der Waals surface area (Å²) < 4.78 is 24.4. The molecule has 1 atom stereocenters. The van der Waals surface area contributed by atoms with Crippen molar-refractivity contribution in [2.75, 3.05) is 0 Å². The van der Waals surface area contributed by atoms with Gasteiger partial charge in [0.15, 0.2) is 0 Å². The topological polar surface area (TPSA) is 49.4 Å². The molecule has 1 unspecified atom stereocenters. The molecule has 0 aliphatic rings. The van der Waals surface area contributed by atoms with Gasteiger partial charge in [0.1, 0.15) is 17.6 Å². The normalized spacial score (nSPS) is 12.9. The minimum absolute atomic E-state index is 0. The fraction of sp³-hybridized carbons (Fsp3) is 0.111. The molecule has 0 aliphatic carbocycles. The van der Waals surface area contributed by atoms with Gasteiger partial charge in [-0.15, -0.1) is 0 Å². The molecule has 0 radical (unpaired) electrons. The summed E-state index contributed by atoms with van der Waals surface area (Å²) in [6.07, 6.45) is 1.21. The zero-order chi connectivity index (χ0) is 9.68. The van der Waals surface area contributed by atoms with E-state index in [9.17, 15) is 8.76 Å². The second kappa shape index (κ2) is 7.75. The van der Waals surface area contributed by atoms with Crippen LogP contribution in [0.5, 0.6) is 0 Å². The van der Waals surface area contributed by atoms with Gasteiger partial charge in [-0.3, -0.25) is 0 Å². The summed E-state index contributed by atoms with van der Waals surface area (Å²) in [5, 5.41) is 0. The number of rotatable bonds is 3. The maximum absolute atomic E-state index is 10.1. The number of hydrogen-bond acceptors (Lipinski definition) is 3. The van der Waals surface area contributed by atoms with Crippen molar-refractivity contribution in [2.24, 2.45) is 0 Å². The average Bonchev–Trinajstić information content (AvgIpc) is 2.15. The summed E-state index contributed by atoms with van der Waals surface area (Å²) in [6, 6.07) is 9.40. The summed E-state index contributed by atoms with van der Waals surface area (Å²) in [6.45, 7) is 1.78. The molecule has 70 valence electrons. The van der Waals surface area contributed by atoms with Gasteiger partial charge in [0, 0.05) is 0 Å². The van der Waals surface area contributed by atoms with Crippen LogP contribution in [0.15, 0.2) is 36.6 Å². The SMILES string of the molecule is CC(=COS(=O)[O-])c1ccccc1.[K+]. The van der Waals surface area contributed by atoms with Crippen molar-refractivity contribution < 1.29 is 64.3 Å². The van der Waals surface area contributed by atoms with Gasteiger partial charge in [-0.2, -0.15) is 0 Å². The van der Waals surface area contributed by atoms with E-state index in [1.807, 2.05) is 30.3 Å². The van der Waals surface area contributed by atoms with Gasteiger partial charge in [-0.1, -0.05) is 30.3 Å². The van der Waals surface area contributed by atoms with Gasteiger partial charge in [0.25, 0.3) is 0 Å². The van der Waals surface area contributed by atoms with Crippen LogP contribution in [-0.4, -0.2) is 8.76 Å². The minimum atomic E-state index is -2.49. The van der Waals surface area contributed by atoms with Crippen molar-refractivity contribution in [3.63, 3.8) is 0 Å². The third-order valence-corrected chi connectivity index (χ3v) is 1.79. The van der Waals surface area contributed by atoms with Crippen LogP contribution < -0.4 is 51.4 Å². The Kier molecular flexibility index (Phi) is 8.03. The Balaban J connectivity index is 0.00000169. The molecule has 0 saturated heterocycles. The van der Waals surface area contributed by atoms with Gasteiger partial charge in [-0.25, -0.2) is 4.21 Å². The van der Waals surface area contributed by atoms with Crippen molar-refractivity contribution in [1.82, 2.24) is 0 Å². The van der Waals surface area contributed by atoms with Crippen LogP contribution in [0.1, 0.15) is 12.5 Å². The predicted octanol–water partition coefficient (Wildman–Crippen LogP) is -1.14. The molecule has 0 aromatic heterocycles. The van der Waals surface area contributed by atoms with E-state index < -0.39 is 11.4 Å². The van der Waals surface area contributed by atoms with Gasteiger partial charge in [0.2, 0.25) is 0 Å². The van der Waals surface area contributed by atoms with E-state index in [0.29, 0.717) is 0 Å². The maximum Gasteiger partial charge on any atom is 1.00 e. The van der Waals surface area contributed by atoms with Crippen molar-refractivity contribution in [3.8, 4) is 0 Å².